The number of aromatic nitrogens is 2. The molecule has 1 saturated carbocycles. The molecule has 1 atom stereocenters. The highest BCUT2D eigenvalue weighted by Crippen LogP contribution is 2.42. The fourth-order valence-electron chi connectivity index (χ4n) is 9.11. The molecule has 1 unspecified atom stereocenters. The standard InChI is InChI=1S/C46H55N5O3S/c1-3-35-29-31-50(32-30-35)45(52)42(49-55(53,54)43-28-15-25-40(44(43)47)36-17-13-14-18-36)27-16-26-41-34(2)51(33-48-41)46(37-19-7-4-8-20-37,38-21-9-5-10-22-38)39-23-11-6-12-24-39/h4-12,15,19-25,28,33,35-36,42,49H,3,13-14,16-18,26-27,29-32,47H2,1-2H3. The van der Waals surface area contributed by atoms with E-state index in [0.29, 0.717) is 44.0 Å². The summed E-state index contributed by atoms with van der Waals surface area (Å²) in [5.41, 5.74) is 12.4. The van der Waals surface area contributed by atoms with E-state index in [9.17, 15) is 13.2 Å². The number of aryl methyl sites for hydroxylation is 1. The number of benzene rings is 4. The van der Waals surface area contributed by atoms with Crippen LogP contribution in [0, 0.1) is 12.8 Å². The molecule has 1 amide bonds. The molecule has 2 aliphatic rings. The van der Waals surface area contributed by atoms with Crippen molar-refractivity contribution >= 4 is 21.6 Å². The Bertz CT molecular complexity index is 2040. The van der Waals surface area contributed by atoms with Gasteiger partial charge in [-0.2, -0.15) is 4.72 Å². The van der Waals surface area contributed by atoms with Gasteiger partial charge in [-0.25, -0.2) is 13.4 Å². The second-order valence-corrected chi connectivity index (χ2v) is 17.1. The van der Waals surface area contributed by atoms with Crippen molar-refractivity contribution in [2.45, 2.75) is 100 Å². The smallest absolute Gasteiger partial charge is 0.243 e. The fraction of sp³-hybridized carbons (Fsp3) is 0.391. The van der Waals surface area contributed by atoms with Crippen molar-refractivity contribution in [3.05, 3.63) is 149 Å². The lowest BCUT2D eigenvalue weighted by atomic mass is 9.76. The first kappa shape index (κ1) is 38.5. The van der Waals surface area contributed by atoms with Gasteiger partial charge in [-0.1, -0.05) is 129 Å². The van der Waals surface area contributed by atoms with Gasteiger partial charge in [0.25, 0.3) is 0 Å². The Kier molecular flexibility index (Phi) is 11.9. The molecule has 0 radical (unpaired) electrons. The number of hydrogen-bond donors (Lipinski definition) is 2. The summed E-state index contributed by atoms with van der Waals surface area (Å²) >= 11 is 0. The second kappa shape index (κ2) is 17.0. The summed E-state index contributed by atoms with van der Waals surface area (Å²) in [7, 11) is -4.09. The minimum absolute atomic E-state index is 0.0630. The number of piperidine rings is 1. The molecule has 8 nitrogen and oxygen atoms in total. The van der Waals surface area contributed by atoms with Crippen LogP contribution in [0.4, 0.5) is 5.69 Å². The maximum absolute atomic E-state index is 14.2. The fourth-order valence-corrected chi connectivity index (χ4v) is 10.5. The van der Waals surface area contributed by atoms with E-state index >= 15 is 0 Å². The van der Waals surface area contributed by atoms with Crippen molar-refractivity contribution in [1.29, 1.82) is 0 Å². The highest BCUT2D eigenvalue weighted by Gasteiger charge is 2.40. The number of anilines is 1. The van der Waals surface area contributed by atoms with E-state index in [1.807, 2.05) is 35.5 Å². The van der Waals surface area contributed by atoms with E-state index in [0.717, 1.165) is 78.6 Å². The number of carbonyl (C=O) groups is 1. The van der Waals surface area contributed by atoms with E-state index < -0.39 is 21.6 Å². The van der Waals surface area contributed by atoms with E-state index in [1.165, 1.54) is 0 Å². The van der Waals surface area contributed by atoms with E-state index in [-0.39, 0.29) is 16.7 Å². The third kappa shape index (κ3) is 7.87. The number of nitrogen functional groups attached to an aromatic ring is 1. The van der Waals surface area contributed by atoms with Gasteiger partial charge in [-0.15, -0.1) is 0 Å². The van der Waals surface area contributed by atoms with Crippen molar-refractivity contribution in [1.82, 2.24) is 19.2 Å². The van der Waals surface area contributed by atoms with Crippen LogP contribution in [0.5, 0.6) is 0 Å². The first-order valence-corrected chi connectivity index (χ1v) is 21.6. The van der Waals surface area contributed by atoms with Gasteiger partial charge < -0.3 is 15.2 Å². The zero-order chi connectivity index (χ0) is 38.4. The zero-order valence-electron chi connectivity index (χ0n) is 32.2. The molecule has 288 valence electrons. The van der Waals surface area contributed by atoms with Crippen LogP contribution in [-0.2, 0) is 26.8 Å². The Morgan fingerprint density at radius 1 is 0.836 bits per heavy atom. The van der Waals surface area contributed by atoms with Crippen LogP contribution in [0.15, 0.2) is 120 Å². The summed E-state index contributed by atoms with van der Waals surface area (Å²) < 4.78 is 33.4. The number of amides is 1. The first-order chi connectivity index (χ1) is 26.7. The zero-order valence-corrected chi connectivity index (χ0v) is 33.1. The van der Waals surface area contributed by atoms with Gasteiger partial charge in [0.05, 0.1) is 17.7 Å². The topological polar surface area (TPSA) is 110 Å². The Morgan fingerprint density at radius 2 is 1.40 bits per heavy atom. The molecule has 5 aromatic rings. The molecular weight excluding hydrogens is 703 g/mol. The largest absolute Gasteiger partial charge is 0.397 e. The second-order valence-electron chi connectivity index (χ2n) is 15.4. The van der Waals surface area contributed by atoms with E-state index in [1.54, 1.807) is 12.1 Å². The maximum atomic E-state index is 14.2. The number of carbonyl (C=O) groups excluding carboxylic acids is 1. The van der Waals surface area contributed by atoms with Crippen LogP contribution in [0.25, 0.3) is 0 Å². The summed E-state index contributed by atoms with van der Waals surface area (Å²) in [5.74, 6) is 0.687. The average Bonchev–Trinajstić information content (AvgIpc) is 3.89. The predicted molar refractivity (Wildman–Crippen MR) is 220 cm³/mol. The number of nitrogens with zero attached hydrogens (tertiary/aromatic N) is 3. The SMILES string of the molecule is CCC1CCN(C(=O)C(CCCc2ncn(C(c3ccccc3)(c3ccccc3)c3ccccc3)c2C)NS(=O)(=O)c2cccc(C3CCCC3)c2N)CC1. The maximum Gasteiger partial charge on any atom is 0.243 e. The predicted octanol–water partition coefficient (Wildman–Crippen LogP) is 8.59. The molecule has 1 aliphatic heterocycles. The van der Waals surface area contributed by atoms with Crippen molar-refractivity contribution < 1.29 is 13.2 Å². The molecule has 4 aromatic carbocycles. The van der Waals surface area contributed by atoms with Crippen LogP contribution in [-0.4, -0.2) is 47.9 Å². The highest BCUT2D eigenvalue weighted by molar-refractivity contribution is 7.89. The number of hydrogen-bond acceptors (Lipinski definition) is 5. The van der Waals surface area contributed by atoms with Crippen LogP contribution in [0.2, 0.25) is 0 Å². The van der Waals surface area contributed by atoms with Crippen molar-refractivity contribution in [2.75, 3.05) is 18.8 Å². The molecule has 0 bridgehead atoms. The van der Waals surface area contributed by atoms with Crippen LogP contribution >= 0.6 is 0 Å². The number of likely N-dealkylation sites (tertiary alicyclic amines) is 1. The molecule has 1 aliphatic carbocycles. The Labute approximate surface area is 327 Å². The molecular formula is C46H55N5O3S. The van der Waals surface area contributed by atoms with Gasteiger partial charge in [0.15, 0.2) is 0 Å². The normalized spacial score (nSPS) is 16.4. The molecule has 1 aromatic heterocycles. The van der Waals surface area contributed by atoms with Gasteiger partial charge in [0.2, 0.25) is 15.9 Å². The van der Waals surface area contributed by atoms with Crippen LogP contribution in [0.3, 0.4) is 0 Å². The van der Waals surface area contributed by atoms with Crippen molar-refractivity contribution in [3.63, 3.8) is 0 Å². The summed E-state index contributed by atoms with van der Waals surface area (Å²) in [6.45, 7) is 5.57. The summed E-state index contributed by atoms with van der Waals surface area (Å²) in [6, 6.07) is 35.9. The number of imidazole rings is 1. The minimum atomic E-state index is -4.09. The molecule has 9 heteroatoms. The van der Waals surface area contributed by atoms with Gasteiger partial charge in [-0.3, -0.25) is 4.79 Å². The van der Waals surface area contributed by atoms with E-state index in [2.05, 4.69) is 95.9 Å². The van der Waals surface area contributed by atoms with E-state index in [4.69, 9.17) is 10.7 Å². The Hall–Kier alpha value is -4.73. The Morgan fingerprint density at radius 3 is 1.95 bits per heavy atom. The lowest BCUT2D eigenvalue weighted by Crippen LogP contribution is -2.50. The summed E-state index contributed by atoms with van der Waals surface area (Å²) in [5, 5.41) is 0. The van der Waals surface area contributed by atoms with Crippen LogP contribution in [0.1, 0.15) is 104 Å². The van der Waals surface area contributed by atoms with Gasteiger partial charge in [0.1, 0.15) is 16.5 Å². The minimum Gasteiger partial charge on any atom is -0.397 e. The van der Waals surface area contributed by atoms with Crippen molar-refractivity contribution in [2.24, 2.45) is 5.92 Å². The lowest BCUT2D eigenvalue weighted by molar-refractivity contribution is -0.134. The highest BCUT2D eigenvalue weighted by atomic mass is 32.2. The van der Waals surface area contributed by atoms with Crippen molar-refractivity contribution in [3.8, 4) is 0 Å². The third-order valence-corrected chi connectivity index (χ3v) is 13.8. The molecule has 55 heavy (non-hydrogen) atoms. The molecule has 7 rings (SSSR count). The monoisotopic (exact) mass is 757 g/mol. The molecule has 3 N–H and O–H groups in total. The quantitative estimate of drug-likeness (QED) is 0.0872. The molecule has 1 saturated heterocycles. The Balaban J connectivity index is 1.18. The van der Waals surface area contributed by atoms with Gasteiger partial charge in [0, 0.05) is 18.8 Å². The first-order valence-electron chi connectivity index (χ1n) is 20.1. The van der Waals surface area contributed by atoms with Gasteiger partial charge >= 0.3 is 0 Å². The van der Waals surface area contributed by atoms with Crippen LogP contribution < -0.4 is 10.5 Å². The number of rotatable bonds is 14. The molecule has 0 spiro atoms. The molecule has 2 fully saturated rings. The average molecular weight is 758 g/mol. The number of nitrogens with two attached hydrogens (primary N) is 1. The summed E-state index contributed by atoms with van der Waals surface area (Å²) in [6.07, 6.45) is 10.6. The summed E-state index contributed by atoms with van der Waals surface area (Å²) in [4.78, 5) is 21.1. The third-order valence-electron chi connectivity index (χ3n) is 12.2. The molecule has 2 heterocycles. The number of nitrogens with one attached hydrogen (secondary N) is 1. The lowest BCUT2D eigenvalue weighted by Gasteiger charge is -2.38. The van der Waals surface area contributed by atoms with Gasteiger partial charge in [-0.05, 0) is 92.0 Å². The number of para-hydroxylation sites is 1. The number of sulfonamides is 1.